The van der Waals surface area contributed by atoms with Gasteiger partial charge in [0.2, 0.25) is 0 Å². The second-order valence-electron chi connectivity index (χ2n) is 39.4. The molecule has 678 valence electrons. The smallest absolute Gasteiger partial charge is 0.344 e. The van der Waals surface area contributed by atoms with Crippen LogP contribution in [-0.4, -0.2) is 43.3 Å². The number of benzene rings is 14. The van der Waals surface area contributed by atoms with E-state index in [0.717, 1.165) is 75.0 Å². The number of fused-ring (bicyclic) bond motifs is 15. The van der Waals surface area contributed by atoms with E-state index >= 15 is 0 Å². The molecule has 5 aromatic heterocycles. The Kier molecular flexibility index (Phi) is 24.3. The predicted molar refractivity (Wildman–Crippen MR) is 578 cm³/mol. The van der Waals surface area contributed by atoms with Crippen molar-refractivity contribution in [3.8, 4) is 42.6 Å². The number of methoxy groups -OCH3 is 1. The van der Waals surface area contributed by atoms with E-state index in [1.807, 2.05) is 13.8 Å². The van der Waals surface area contributed by atoms with Gasteiger partial charge >= 0.3 is 5.97 Å². The van der Waals surface area contributed by atoms with Gasteiger partial charge in [-0.1, -0.05) is 133 Å². The quantitative estimate of drug-likeness (QED) is 0.0660. The van der Waals surface area contributed by atoms with Crippen molar-refractivity contribution in [2.45, 2.75) is 151 Å². The van der Waals surface area contributed by atoms with Crippen molar-refractivity contribution in [2.75, 3.05) is 20.5 Å². The number of hydrogen-bond acceptors (Lipinski definition) is 7. The number of hydrogen-bond donors (Lipinski definition) is 1. The van der Waals surface area contributed by atoms with Crippen molar-refractivity contribution < 1.29 is 33.6 Å². The molecule has 7 nitrogen and oxygen atoms in total. The highest BCUT2D eigenvalue weighted by atomic mass is 32.2. The van der Waals surface area contributed by atoms with E-state index in [9.17, 15) is 9.90 Å². The molecule has 0 atom stereocenters. The SMILES string of the molecule is C1=CCCC([s+]2c3ccccc3c3ccccc32)=C1.COc1c(C)cc(-[s+]2c3ccccc3c3ccccc32)cc1C.Cc1cc(-[s+]2c3ccccc3c3ccccc32)cc(C)c1O.Cc1cc(-[s+]2c3ccccc3c3ccccc32)cc(C)c1OCC(=O)OC1(C)C2CC3CC(C2)CC1C3.Cc1cc(-[s+]2c3ccccc3c3ccccc32)cc(C)c1OCOC1C2CC3CC(C2)CC1C3. The lowest BCUT2D eigenvalue weighted by atomic mass is 9.50. The van der Waals surface area contributed by atoms with Gasteiger partial charge in [0.15, 0.2) is 84.9 Å². The van der Waals surface area contributed by atoms with Crippen LogP contribution in [0, 0.1) is 103 Å². The first-order valence-electron chi connectivity index (χ1n) is 48.6. The molecule has 19 aromatic rings. The molecular formula is C123H119O7S5+5. The van der Waals surface area contributed by atoms with E-state index in [1.54, 1.807) is 12.0 Å². The number of thiophene rings is 5. The Balaban J connectivity index is 0.000000100. The number of aryl methyl sites for hydroxylation is 8. The highest BCUT2D eigenvalue weighted by Gasteiger charge is 2.57. The van der Waals surface area contributed by atoms with Crippen LogP contribution in [0.5, 0.6) is 23.0 Å². The lowest BCUT2D eigenvalue weighted by Crippen LogP contribution is -2.58. The third kappa shape index (κ3) is 16.4. The Morgan fingerprint density at radius 2 is 0.607 bits per heavy atom. The van der Waals surface area contributed by atoms with Crippen molar-refractivity contribution in [3.05, 3.63) is 354 Å². The van der Waals surface area contributed by atoms with Gasteiger partial charge in [-0.25, -0.2) is 4.79 Å². The van der Waals surface area contributed by atoms with Crippen LogP contribution >= 0.6 is 52.3 Å². The first-order chi connectivity index (χ1) is 65.9. The molecule has 0 spiro atoms. The topological polar surface area (TPSA) is 83.5 Å². The fraction of sp³-hybridized carbons (Fsp3) is 0.276. The molecule has 12 heteroatoms. The molecule has 28 rings (SSSR count). The van der Waals surface area contributed by atoms with Crippen molar-refractivity contribution in [3.63, 3.8) is 0 Å². The zero-order valence-electron chi connectivity index (χ0n) is 79.0. The van der Waals surface area contributed by atoms with E-state index in [4.69, 9.17) is 23.7 Å². The average Bonchev–Trinajstić information content (AvgIpc) is 1.67. The summed E-state index contributed by atoms with van der Waals surface area (Å²) in [6.07, 6.45) is 22.9. The van der Waals surface area contributed by atoms with Crippen LogP contribution < -0.4 is 14.2 Å². The number of esters is 1. The number of rotatable bonds is 14. The summed E-state index contributed by atoms with van der Waals surface area (Å²) in [6.45, 7) is 19.3. The Morgan fingerprint density at radius 1 is 0.341 bits per heavy atom. The summed E-state index contributed by atoms with van der Waals surface area (Å²) in [4.78, 5) is 20.0. The highest BCUT2D eigenvalue weighted by molar-refractivity contribution is 7.54. The van der Waals surface area contributed by atoms with Gasteiger partial charge in [0.1, 0.15) is 28.6 Å². The van der Waals surface area contributed by atoms with Gasteiger partial charge in [-0.2, -0.15) is 0 Å². The fourth-order valence-electron chi connectivity index (χ4n) is 25.2. The van der Waals surface area contributed by atoms with Crippen LogP contribution in [0.3, 0.4) is 0 Å². The van der Waals surface area contributed by atoms with Gasteiger partial charge in [0.25, 0.3) is 0 Å². The molecule has 0 saturated heterocycles. The Bertz CT molecular complexity index is 7480. The van der Waals surface area contributed by atoms with Crippen LogP contribution in [0.15, 0.2) is 309 Å². The van der Waals surface area contributed by atoms with Crippen molar-refractivity contribution >= 4 is 164 Å². The van der Waals surface area contributed by atoms with Crippen LogP contribution in [0.1, 0.15) is 128 Å². The van der Waals surface area contributed by atoms with E-state index < -0.39 is 0 Å². The van der Waals surface area contributed by atoms with E-state index in [2.05, 4.69) is 358 Å². The van der Waals surface area contributed by atoms with E-state index in [-0.39, 0.29) is 70.5 Å². The number of ether oxygens (including phenoxy) is 5. The molecule has 1 N–H and O–H groups in total. The first kappa shape index (κ1) is 88.6. The summed E-state index contributed by atoms with van der Waals surface area (Å²) < 4.78 is 44.9. The standard InChI is InChI=1S/C33H35O3S.C31H33O2S.C21H19OS.C20H16OS.C18H15S/c1-20-12-26(37-29-10-6-4-8-27(29)28-9-5-7-11-30(28)37)13-21(2)32(20)35-19-31(34)36-33(3)24-15-22-14-23(17-24)18-25(33)16-22;1-19-11-25(34-28-9-5-3-7-26(28)27-8-4-6-10-29(27)34)12-20(2)30(19)32-18-33-31-23-14-21-13-22(16-23)17-24(31)15-21;1-14-12-16(13-15(2)21(14)22-3)23-19-10-6-4-8-17(19)18-9-5-7-11-20(18)23;1-13-11-15(12-14(2)20(13)21)22-18-9-5-3-7-16(18)17-8-4-6-10-19(17)22;1-2-8-14(9-3-1)19-17-12-6-4-10-15(17)16-11-5-7-13-18(16)19/h4-13,22-25H,14-19H2,1-3H3;3-12,21-24,31H,13-18H2,1-2H3;4-13H,1-3H3;3-12H,1-2H3;1-2,4-8,10-13H,3,9H2/q3*+1;;+1/p+1. The molecule has 135 heavy (non-hydrogen) atoms. The molecule has 14 aromatic carbocycles. The van der Waals surface area contributed by atoms with Gasteiger partial charge in [-0.3, -0.25) is 0 Å². The normalized spacial score (nSPS) is 20.6. The second-order valence-corrected chi connectivity index (χ2v) is 49.3. The van der Waals surface area contributed by atoms with Gasteiger partial charge < -0.3 is 28.8 Å². The predicted octanol–water partition coefficient (Wildman–Crippen LogP) is 35.4. The van der Waals surface area contributed by atoms with Gasteiger partial charge in [-0.05, 0) is 352 Å². The van der Waals surface area contributed by atoms with Crippen molar-refractivity contribution in [2.24, 2.45) is 47.3 Å². The molecule has 8 fully saturated rings. The summed E-state index contributed by atoms with van der Waals surface area (Å²) in [5, 5.41) is 23.8. The molecular weight excluding hydrogens is 1750 g/mol. The summed E-state index contributed by atoms with van der Waals surface area (Å²) in [5.74, 6) is 9.24. The van der Waals surface area contributed by atoms with Gasteiger partial charge in [-0.15, -0.1) is 0 Å². The molecule has 0 aliphatic heterocycles. The number of aromatic hydroxyl groups is 1. The lowest BCUT2D eigenvalue weighted by Gasteiger charge is -2.59. The van der Waals surface area contributed by atoms with Crippen molar-refractivity contribution in [1.82, 2.24) is 0 Å². The number of allylic oxidation sites excluding steroid dienone is 4. The number of carbonyl (C=O) groups excluding carboxylic acids is 1. The average molecular weight is 1870 g/mol. The van der Waals surface area contributed by atoms with E-state index in [1.165, 1.54) is 220 Å². The van der Waals surface area contributed by atoms with Crippen LogP contribution in [-0.2, 0) is 14.3 Å². The summed E-state index contributed by atoms with van der Waals surface area (Å²) in [7, 11) is 1.58. The minimum atomic E-state index is -0.313. The molecule has 0 unspecified atom stereocenters. The first-order valence-corrected chi connectivity index (χ1v) is 54.8. The molecule has 8 saturated carbocycles. The zero-order chi connectivity index (χ0) is 92.0. The van der Waals surface area contributed by atoms with Crippen LogP contribution in [0.4, 0.5) is 0 Å². The maximum atomic E-state index is 13.0. The number of phenols is 1. The van der Waals surface area contributed by atoms with Crippen LogP contribution in [0.2, 0.25) is 0 Å². The molecule has 0 radical (unpaired) electrons. The minimum absolute atomic E-state index is 0.0269. The van der Waals surface area contributed by atoms with Crippen LogP contribution in [0.25, 0.3) is 125 Å². The Labute approximate surface area is 806 Å². The molecule has 8 bridgehead atoms. The third-order valence-electron chi connectivity index (χ3n) is 30.7. The number of carbonyl (C=O) groups is 1. The Morgan fingerprint density at radius 3 is 0.896 bits per heavy atom. The van der Waals surface area contributed by atoms with Gasteiger partial charge in [0, 0.05) is 161 Å². The third-order valence-corrected chi connectivity index (χ3v) is 42.4. The molecule has 5 heterocycles. The van der Waals surface area contributed by atoms with Gasteiger partial charge in [0.05, 0.1) is 13.2 Å². The highest BCUT2D eigenvalue weighted by Crippen LogP contribution is 2.62. The summed E-state index contributed by atoms with van der Waals surface area (Å²) in [6, 6.07) is 106. The minimum Gasteiger partial charge on any atom is -0.507 e. The maximum absolute atomic E-state index is 13.0. The van der Waals surface area contributed by atoms with Crippen molar-refractivity contribution in [1.29, 1.82) is 0 Å². The zero-order valence-corrected chi connectivity index (χ0v) is 83.1. The largest absolute Gasteiger partial charge is 0.507 e. The molecule has 9 aliphatic rings. The Hall–Kier alpha value is -11.7. The molecule has 0 amide bonds. The summed E-state index contributed by atoms with van der Waals surface area (Å²) in [5.41, 5.74) is 8.54. The van der Waals surface area contributed by atoms with E-state index in [0.29, 0.717) is 30.5 Å². The summed E-state index contributed by atoms with van der Waals surface area (Å²) >= 11 is 0. The lowest BCUT2D eigenvalue weighted by molar-refractivity contribution is -0.204. The second kappa shape index (κ2) is 37.1. The number of phenolic OH excluding ortho intramolecular Hbond substituents is 1. The molecule has 9 aliphatic carbocycles. The maximum Gasteiger partial charge on any atom is 0.344 e. The fourth-order valence-corrected chi connectivity index (χ4v) is 38.0. The monoisotopic (exact) mass is 1870 g/mol.